The fourth-order valence-electron chi connectivity index (χ4n) is 3.82. The Bertz CT molecular complexity index is 898. The Morgan fingerprint density at radius 3 is 2.60 bits per heavy atom. The van der Waals surface area contributed by atoms with E-state index in [1.165, 1.54) is 12.3 Å². The first kappa shape index (κ1) is 22.0. The van der Waals surface area contributed by atoms with Crippen LogP contribution in [0.3, 0.4) is 0 Å². The van der Waals surface area contributed by atoms with Crippen molar-refractivity contribution in [2.75, 3.05) is 6.61 Å². The summed E-state index contributed by atoms with van der Waals surface area (Å²) < 4.78 is 32.1. The van der Waals surface area contributed by atoms with Gasteiger partial charge in [-0.2, -0.15) is 0 Å². The van der Waals surface area contributed by atoms with Crippen LogP contribution >= 0.6 is 0 Å². The molecule has 1 amide bonds. The predicted molar refractivity (Wildman–Crippen MR) is 111 cm³/mol. The van der Waals surface area contributed by atoms with Crippen molar-refractivity contribution in [2.45, 2.75) is 57.9 Å². The fraction of sp³-hybridized carbons (Fsp3) is 0.478. The molecule has 1 saturated carbocycles. The summed E-state index contributed by atoms with van der Waals surface area (Å²) in [6, 6.07) is 8.97. The predicted octanol–water partition coefficient (Wildman–Crippen LogP) is 6.01. The summed E-state index contributed by atoms with van der Waals surface area (Å²) in [6.07, 6.45) is 0.589. The van der Waals surface area contributed by atoms with E-state index < -0.39 is 18.1 Å². The number of nitrogens with one attached hydrogen (secondary N) is 1. The van der Waals surface area contributed by atoms with E-state index in [1.807, 2.05) is 39.0 Å². The van der Waals surface area contributed by atoms with Crippen LogP contribution in [0.5, 0.6) is 5.75 Å². The second kappa shape index (κ2) is 8.98. The van der Waals surface area contributed by atoms with Gasteiger partial charge >= 0.3 is 6.09 Å². The van der Waals surface area contributed by atoms with Crippen LogP contribution in [0.2, 0.25) is 0 Å². The van der Waals surface area contributed by atoms with Crippen molar-refractivity contribution >= 4 is 6.09 Å². The van der Waals surface area contributed by atoms with Gasteiger partial charge < -0.3 is 15.2 Å². The third kappa shape index (κ3) is 5.90. The number of ether oxygens (including phenoxy) is 1. The van der Waals surface area contributed by atoms with Gasteiger partial charge in [0.05, 0.1) is 6.61 Å². The summed E-state index contributed by atoms with van der Waals surface area (Å²) in [6.45, 7) is 6.20. The lowest BCUT2D eigenvalue weighted by atomic mass is 9.92. The van der Waals surface area contributed by atoms with E-state index in [-0.39, 0.29) is 11.6 Å². The molecule has 5 nitrogen and oxygen atoms in total. The molecule has 0 bridgehead atoms. The lowest BCUT2D eigenvalue weighted by Crippen LogP contribution is -2.44. The van der Waals surface area contributed by atoms with Crippen LogP contribution < -0.4 is 10.1 Å². The highest BCUT2D eigenvalue weighted by Gasteiger charge is 2.28. The van der Waals surface area contributed by atoms with E-state index in [1.54, 1.807) is 6.07 Å². The van der Waals surface area contributed by atoms with Gasteiger partial charge in [0.1, 0.15) is 11.4 Å². The van der Waals surface area contributed by atoms with Crippen molar-refractivity contribution in [1.82, 2.24) is 10.3 Å². The number of rotatable bonds is 9. The van der Waals surface area contributed by atoms with Gasteiger partial charge in [-0.3, -0.25) is 4.98 Å². The van der Waals surface area contributed by atoms with E-state index in [2.05, 4.69) is 10.3 Å². The molecule has 2 N–H and O–H groups in total. The Labute approximate surface area is 175 Å². The number of carboxylic acid groups (broad SMARTS) is 1. The molecule has 30 heavy (non-hydrogen) atoms. The summed E-state index contributed by atoms with van der Waals surface area (Å²) in [7, 11) is 0. The molecular formula is C23H28F2N2O3. The standard InChI is InChI=1S/C23H28F2N2O3/c1-14(12-23(2,3)27-22(28)29)13-30-20-7-6-16(10-18(20)15-4-5-15)17-8-9-26-19(11-17)21(24)25/h6-11,14-15,21,27H,4-5,12-13H2,1-3H3,(H,28,29). The molecule has 0 spiro atoms. The van der Waals surface area contributed by atoms with Crippen LogP contribution in [0.25, 0.3) is 11.1 Å². The summed E-state index contributed by atoms with van der Waals surface area (Å²) in [5.41, 5.74) is 1.91. The van der Waals surface area contributed by atoms with Gasteiger partial charge in [-0.05, 0) is 85.9 Å². The molecule has 1 unspecified atom stereocenters. The first-order chi connectivity index (χ1) is 14.1. The number of carbonyl (C=O) groups is 1. The van der Waals surface area contributed by atoms with Gasteiger partial charge in [-0.1, -0.05) is 13.0 Å². The number of nitrogens with zero attached hydrogens (tertiary/aromatic N) is 1. The summed E-state index contributed by atoms with van der Waals surface area (Å²) in [4.78, 5) is 14.7. The zero-order valence-corrected chi connectivity index (χ0v) is 17.5. The maximum Gasteiger partial charge on any atom is 0.405 e. The number of hydrogen-bond acceptors (Lipinski definition) is 3. The lowest BCUT2D eigenvalue weighted by Gasteiger charge is -2.28. The minimum atomic E-state index is -2.60. The Balaban J connectivity index is 1.72. The maximum atomic E-state index is 13.0. The third-order valence-corrected chi connectivity index (χ3v) is 5.19. The van der Waals surface area contributed by atoms with Crippen molar-refractivity contribution in [3.05, 3.63) is 47.8 Å². The monoisotopic (exact) mass is 418 g/mol. The average Bonchev–Trinajstić information content (AvgIpc) is 3.50. The number of halogens is 2. The first-order valence-electron chi connectivity index (χ1n) is 10.2. The molecule has 0 saturated heterocycles. The molecule has 2 aromatic rings. The third-order valence-electron chi connectivity index (χ3n) is 5.19. The second-order valence-electron chi connectivity index (χ2n) is 8.73. The highest BCUT2D eigenvalue weighted by Crippen LogP contribution is 2.45. The van der Waals surface area contributed by atoms with Crippen LogP contribution in [0.15, 0.2) is 36.5 Å². The summed E-state index contributed by atoms with van der Waals surface area (Å²) in [5, 5.41) is 11.5. The van der Waals surface area contributed by atoms with Crippen molar-refractivity contribution in [2.24, 2.45) is 5.92 Å². The highest BCUT2D eigenvalue weighted by atomic mass is 19.3. The number of pyridine rings is 1. The largest absolute Gasteiger partial charge is 0.493 e. The van der Waals surface area contributed by atoms with Crippen molar-refractivity contribution in [3.63, 3.8) is 0 Å². The fourth-order valence-corrected chi connectivity index (χ4v) is 3.82. The minimum absolute atomic E-state index is 0.146. The molecule has 7 heteroatoms. The van der Waals surface area contributed by atoms with Crippen LogP contribution in [0.1, 0.15) is 63.6 Å². The SMILES string of the molecule is CC(COc1ccc(-c2ccnc(C(F)F)c2)cc1C1CC1)CC(C)(C)NC(=O)O. The minimum Gasteiger partial charge on any atom is -0.493 e. The van der Waals surface area contributed by atoms with Crippen LogP contribution in [0.4, 0.5) is 13.6 Å². The zero-order chi connectivity index (χ0) is 21.9. The van der Waals surface area contributed by atoms with E-state index in [9.17, 15) is 13.6 Å². The van der Waals surface area contributed by atoms with Crippen molar-refractivity contribution in [3.8, 4) is 16.9 Å². The van der Waals surface area contributed by atoms with Crippen molar-refractivity contribution < 1.29 is 23.4 Å². The van der Waals surface area contributed by atoms with Crippen LogP contribution in [-0.2, 0) is 0 Å². The van der Waals surface area contributed by atoms with Gasteiger partial charge in [-0.15, -0.1) is 0 Å². The molecule has 0 radical (unpaired) electrons. The summed E-state index contributed by atoms with van der Waals surface area (Å²) >= 11 is 0. The first-order valence-corrected chi connectivity index (χ1v) is 10.2. The smallest absolute Gasteiger partial charge is 0.405 e. The number of aromatic nitrogens is 1. The van der Waals surface area contributed by atoms with E-state index in [4.69, 9.17) is 9.84 Å². The number of alkyl halides is 2. The van der Waals surface area contributed by atoms with Gasteiger partial charge in [-0.25, -0.2) is 13.6 Å². The Kier molecular flexibility index (Phi) is 6.58. The highest BCUT2D eigenvalue weighted by molar-refractivity contribution is 5.66. The molecule has 1 aliphatic rings. The summed E-state index contributed by atoms with van der Waals surface area (Å²) in [5.74, 6) is 1.38. The molecule has 0 aliphatic heterocycles. The van der Waals surface area contributed by atoms with Crippen molar-refractivity contribution in [1.29, 1.82) is 0 Å². The normalized spacial score (nSPS) is 15.1. The quantitative estimate of drug-likeness (QED) is 0.523. The second-order valence-corrected chi connectivity index (χ2v) is 8.73. The van der Waals surface area contributed by atoms with Gasteiger partial charge in [0.15, 0.2) is 0 Å². The van der Waals surface area contributed by atoms with Crippen LogP contribution in [-0.4, -0.2) is 28.3 Å². The molecule has 1 aromatic heterocycles. The van der Waals surface area contributed by atoms with E-state index in [0.29, 0.717) is 24.5 Å². The molecule has 1 aliphatic carbocycles. The van der Waals surface area contributed by atoms with E-state index in [0.717, 1.165) is 29.7 Å². The molecule has 162 valence electrons. The zero-order valence-electron chi connectivity index (χ0n) is 17.5. The maximum absolute atomic E-state index is 13.0. The molecule has 1 heterocycles. The average molecular weight is 418 g/mol. The Morgan fingerprint density at radius 1 is 1.27 bits per heavy atom. The lowest BCUT2D eigenvalue weighted by molar-refractivity contribution is 0.146. The number of benzene rings is 1. The van der Waals surface area contributed by atoms with Crippen LogP contribution in [0, 0.1) is 5.92 Å². The molecule has 3 rings (SSSR count). The Morgan fingerprint density at radius 2 is 1.97 bits per heavy atom. The number of hydrogen-bond donors (Lipinski definition) is 2. The van der Waals surface area contributed by atoms with E-state index >= 15 is 0 Å². The van der Waals surface area contributed by atoms with Gasteiger partial charge in [0.2, 0.25) is 0 Å². The Hall–Kier alpha value is -2.70. The molecule has 1 aromatic carbocycles. The molecule has 1 fully saturated rings. The molecule has 1 atom stereocenters. The topological polar surface area (TPSA) is 71.5 Å². The number of amides is 1. The van der Waals surface area contributed by atoms with Gasteiger partial charge in [0.25, 0.3) is 6.43 Å². The van der Waals surface area contributed by atoms with Gasteiger partial charge in [0, 0.05) is 11.7 Å². The molecular weight excluding hydrogens is 390 g/mol.